The summed E-state index contributed by atoms with van der Waals surface area (Å²) in [6, 6.07) is 7.07. The molecule has 0 amide bonds. The van der Waals surface area contributed by atoms with Crippen LogP contribution in [0.15, 0.2) is 49.1 Å². The van der Waals surface area contributed by atoms with Gasteiger partial charge in [0.15, 0.2) is 0 Å². The second-order valence-corrected chi connectivity index (χ2v) is 12.5. The van der Waals surface area contributed by atoms with Crippen LogP contribution in [0, 0.1) is 11.3 Å². The Morgan fingerprint density at radius 3 is 2.49 bits per heavy atom. The zero-order valence-corrected chi connectivity index (χ0v) is 24.8. The summed E-state index contributed by atoms with van der Waals surface area (Å²) >= 11 is 0. The number of hydrogen-bond donors (Lipinski definition) is 2. The molecule has 2 fully saturated rings. The van der Waals surface area contributed by atoms with Crippen molar-refractivity contribution < 1.29 is 9.90 Å². The van der Waals surface area contributed by atoms with Crippen LogP contribution in [0.1, 0.15) is 67.1 Å². The number of rotatable bonds is 14. The van der Waals surface area contributed by atoms with Crippen molar-refractivity contribution in [2.45, 2.75) is 65.6 Å². The Labute approximate surface area is 244 Å². The highest BCUT2D eigenvalue weighted by atomic mass is 16.4. The Morgan fingerprint density at radius 2 is 1.73 bits per heavy atom. The summed E-state index contributed by atoms with van der Waals surface area (Å²) in [6.45, 7) is 15.3. The third-order valence-electron chi connectivity index (χ3n) is 8.87. The maximum atomic E-state index is 11.3. The first-order valence-electron chi connectivity index (χ1n) is 15.4. The van der Waals surface area contributed by atoms with Gasteiger partial charge in [-0.3, -0.25) is 0 Å². The fourth-order valence-corrected chi connectivity index (χ4v) is 6.64. The molecule has 5 rings (SSSR count). The van der Waals surface area contributed by atoms with E-state index in [9.17, 15) is 9.90 Å². The molecule has 222 valence electrons. The minimum atomic E-state index is -0.907. The van der Waals surface area contributed by atoms with Crippen molar-refractivity contribution in [1.29, 1.82) is 0 Å². The molecule has 2 saturated heterocycles. The Hall–Kier alpha value is -3.01. The van der Waals surface area contributed by atoms with Crippen molar-refractivity contribution in [2.75, 3.05) is 45.8 Å². The largest absolute Gasteiger partial charge is 0.478 e. The van der Waals surface area contributed by atoms with Gasteiger partial charge in [-0.05, 0) is 80.9 Å². The molecule has 1 aromatic carbocycles. The summed E-state index contributed by atoms with van der Waals surface area (Å²) < 4.78 is 4.38. The number of carboxylic acids is 1. The van der Waals surface area contributed by atoms with E-state index in [4.69, 9.17) is 0 Å². The number of aromatic carboxylic acids is 1. The number of benzene rings is 1. The molecular formula is C32H47N7O2. The van der Waals surface area contributed by atoms with Gasteiger partial charge in [-0.1, -0.05) is 26.0 Å². The van der Waals surface area contributed by atoms with Crippen molar-refractivity contribution in [1.82, 2.24) is 34.2 Å². The fourth-order valence-electron chi connectivity index (χ4n) is 6.64. The summed E-state index contributed by atoms with van der Waals surface area (Å²) in [4.78, 5) is 25.8. The van der Waals surface area contributed by atoms with E-state index in [2.05, 4.69) is 54.3 Å². The molecule has 2 aliphatic heterocycles. The first-order chi connectivity index (χ1) is 19.9. The monoisotopic (exact) mass is 561 g/mol. The molecule has 0 saturated carbocycles. The predicted molar refractivity (Wildman–Crippen MR) is 161 cm³/mol. The van der Waals surface area contributed by atoms with Crippen molar-refractivity contribution in [3.8, 4) is 0 Å². The van der Waals surface area contributed by atoms with Crippen molar-refractivity contribution in [3.05, 3.63) is 71.8 Å². The van der Waals surface area contributed by atoms with E-state index in [1.165, 1.54) is 58.5 Å². The number of likely N-dealkylation sites (tertiary alicyclic amines) is 2. The summed E-state index contributed by atoms with van der Waals surface area (Å²) in [7, 11) is 0. The third kappa shape index (κ3) is 8.05. The van der Waals surface area contributed by atoms with Gasteiger partial charge in [0, 0.05) is 63.9 Å². The Balaban J connectivity index is 1.01. The molecule has 9 nitrogen and oxygen atoms in total. The Kier molecular flexibility index (Phi) is 9.90. The molecule has 0 unspecified atom stereocenters. The van der Waals surface area contributed by atoms with Crippen molar-refractivity contribution in [3.63, 3.8) is 0 Å². The lowest BCUT2D eigenvalue weighted by atomic mass is 9.77. The first kappa shape index (κ1) is 29.5. The van der Waals surface area contributed by atoms with Crippen LogP contribution in [0.5, 0.6) is 0 Å². The zero-order valence-electron chi connectivity index (χ0n) is 24.8. The zero-order chi connectivity index (χ0) is 28.7. The maximum absolute atomic E-state index is 11.3. The number of imidazole rings is 2. The summed E-state index contributed by atoms with van der Waals surface area (Å²) in [5, 5.41) is 12.8. The lowest BCUT2D eigenvalue weighted by Crippen LogP contribution is -2.42. The van der Waals surface area contributed by atoms with Gasteiger partial charge in [-0.25, -0.2) is 14.8 Å². The number of piperidine rings is 1. The number of nitrogens with one attached hydrogen (secondary N) is 1. The number of carboxylic acid groups (broad SMARTS) is 1. The second-order valence-electron chi connectivity index (χ2n) is 12.5. The van der Waals surface area contributed by atoms with Crippen LogP contribution in [-0.4, -0.2) is 85.8 Å². The fraction of sp³-hybridized carbons (Fsp3) is 0.594. The molecule has 2 N–H and O–H groups in total. The van der Waals surface area contributed by atoms with Gasteiger partial charge in [-0.15, -0.1) is 0 Å². The molecule has 2 aliphatic rings. The van der Waals surface area contributed by atoms with Crippen LogP contribution in [-0.2, 0) is 26.1 Å². The van der Waals surface area contributed by atoms with Gasteiger partial charge in [0.25, 0.3) is 0 Å². The van der Waals surface area contributed by atoms with Crippen LogP contribution in [0.3, 0.4) is 0 Å². The summed E-state index contributed by atoms with van der Waals surface area (Å²) in [5.74, 6) is 1.92. The predicted octanol–water partition coefficient (Wildman–Crippen LogP) is 3.99. The molecule has 3 aromatic rings. The minimum absolute atomic E-state index is 0.305. The van der Waals surface area contributed by atoms with Crippen molar-refractivity contribution in [2.24, 2.45) is 11.3 Å². The van der Waals surface area contributed by atoms with E-state index in [1.54, 1.807) is 24.4 Å². The van der Waals surface area contributed by atoms with Gasteiger partial charge >= 0.3 is 5.97 Å². The highest BCUT2D eigenvalue weighted by molar-refractivity contribution is 5.87. The van der Waals surface area contributed by atoms with Gasteiger partial charge in [-0.2, -0.15) is 0 Å². The molecule has 0 atom stereocenters. The van der Waals surface area contributed by atoms with Crippen LogP contribution in [0.4, 0.5) is 0 Å². The molecule has 41 heavy (non-hydrogen) atoms. The van der Waals surface area contributed by atoms with E-state index < -0.39 is 5.97 Å². The van der Waals surface area contributed by atoms with Crippen LogP contribution >= 0.6 is 0 Å². The summed E-state index contributed by atoms with van der Waals surface area (Å²) in [6.07, 6.45) is 13.9. The van der Waals surface area contributed by atoms with Crippen molar-refractivity contribution >= 4 is 5.97 Å². The number of aromatic nitrogens is 4. The average molecular weight is 562 g/mol. The quantitative estimate of drug-likeness (QED) is 0.288. The molecule has 9 heteroatoms. The third-order valence-corrected chi connectivity index (χ3v) is 8.87. The van der Waals surface area contributed by atoms with Crippen LogP contribution < -0.4 is 5.32 Å². The van der Waals surface area contributed by atoms with E-state index >= 15 is 0 Å². The maximum Gasteiger partial charge on any atom is 0.335 e. The number of aryl methyl sites for hydroxylation is 1. The lowest BCUT2D eigenvalue weighted by molar-refractivity contribution is 0.0696. The van der Waals surface area contributed by atoms with E-state index in [0.717, 1.165) is 49.1 Å². The van der Waals surface area contributed by atoms with Gasteiger partial charge in [0.05, 0.1) is 12.1 Å². The topological polar surface area (TPSA) is 91.5 Å². The highest BCUT2D eigenvalue weighted by Crippen LogP contribution is 2.40. The van der Waals surface area contributed by atoms with Gasteiger partial charge in [0.1, 0.15) is 11.6 Å². The Bertz CT molecular complexity index is 1260. The molecular weight excluding hydrogens is 514 g/mol. The normalized spacial score (nSPS) is 17.6. The number of carbonyl (C=O) groups is 1. The highest BCUT2D eigenvalue weighted by Gasteiger charge is 2.40. The van der Waals surface area contributed by atoms with Crippen LogP contribution in [0.25, 0.3) is 0 Å². The first-order valence-corrected chi connectivity index (χ1v) is 15.4. The number of nitrogens with zero attached hydrogens (tertiary/aromatic N) is 6. The second kappa shape index (κ2) is 13.8. The molecule has 1 spiro atoms. The molecule has 0 aliphatic carbocycles. The molecule has 0 radical (unpaired) electrons. The smallest absolute Gasteiger partial charge is 0.335 e. The van der Waals surface area contributed by atoms with Gasteiger partial charge in [0.2, 0.25) is 0 Å². The minimum Gasteiger partial charge on any atom is -0.478 e. The lowest BCUT2D eigenvalue weighted by Gasteiger charge is -2.40. The molecule has 2 aromatic heterocycles. The van der Waals surface area contributed by atoms with E-state index in [-0.39, 0.29) is 0 Å². The molecule has 0 bridgehead atoms. The SMILES string of the molecule is CC(C)CN1CCC2(CC1)CCN(CCCn1ccnc1CCNCc1nccn1Cc1cccc(C(=O)O)c1)C2. The van der Waals surface area contributed by atoms with Gasteiger partial charge < -0.3 is 29.4 Å². The average Bonchev–Trinajstić information content (AvgIpc) is 3.69. The summed E-state index contributed by atoms with van der Waals surface area (Å²) in [5.41, 5.74) is 1.82. The molecule has 4 heterocycles. The van der Waals surface area contributed by atoms with Crippen LogP contribution in [0.2, 0.25) is 0 Å². The van der Waals surface area contributed by atoms with E-state index in [0.29, 0.717) is 24.1 Å². The Morgan fingerprint density at radius 1 is 1.00 bits per heavy atom. The standard InChI is InChI=1S/C32H47N7O2/c1-26(2)23-36-16-8-32(9-17-36)10-18-37(25-32)14-4-15-38-19-12-34-29(38)7-11-33-22-30-35-13-20-39(30)24-27-5-3-6-28(21-27)31(40)41/h3,5-6,12-13,19-21,26,33H,4,7-11,14-18,22-25H2,1-2H3,(H,40,41). The van der Waals surface area contributed by atoms with E-state index in [1.807, 2.05) is 18.5 Å². The number of hydrogen-bond acceptors (Lipinski definition) is 6.